The Kier molecular flexibility index (Phi) is 3.39. The number of hydrogen-bond donors (Lipinski definition) is 1. The van der Waals surface area contributed by atoms with Crippen LogP contribution in [0.15, 0.2) is 29.1 Å². The van der Waals surface area contributed by atoms with Crippen LogP contribution in [-0.4, -0.2) is 9.55 Å². The first-order chi connectivity index (χ1) is 8.47. The van der Waals surface area contributed by atoms with E-state index >= 15 is 0 Å². The lowest BCUT2D eigenvalue weighted by Gasteiger charge is -2.11. The van der Waals surface area contributed by atoms with Crippen LogP contribution in [0.3, 0.4) is 0 Å². The highest BCUT2D eigenvalue weighted by atomic mass is 35.5. The average molecular weight is 264 g/mol. The lowest BCUT2D eigenvalue weighted by Crippen LogP contribution is -2.26. The normalized spacial score (nSPS) is 10.6. The van der Waals surface area contributed by atoms with E-state index in [4.69, 9.17) is 17.3 Å². The molecule has 18 heavy (non-hydrogen) atoms. The Balaban J connectivity index is 2.46. The molecule has 0 bridgehead atoms. The zero-order chi connectivity index (χ0) is 13.3. The molecule has 94 valence electrons. The lowest BCUT2D eigenvalue weighted by molar-refractivity contribution is 0.695. The maximum Gasteiger partial charge on any atom is 0.348 e. The second kappa shape index (κ2) is 4.82. The highest BCUT2D eigenvalue weighted by Gasteiger charge is 2.06. The van der Waals surface area contributed by atoms with Gasteiger partial charge in [-0.2, -0.15) is 4.98 Å². The largest absolute Gasteiger partial charge is 0.398 e. The minimum atomic E-state index is -0.271. The number of nitrogen functional groups attached to an aromatic ring is 1. The molecule has 2 aromatic rings. The summed E-state index contributed by atoms with van der Waals surface area (Å²) in [5.41, 5.74) is 8.61. The third-order valence-corrected chi connectivity index (χ3v) is 3.02. The molecular weight excluding hydrogens is 250 g/mol. The molecule has 0 aliphatic carbocycles. The molecule has 0 atom stereocenters. The summed E-state index contributed by atoms with van der Waals surface area (Å²) in [5, 5.41) is 0.602. The minimum absolute atomic E-state index is 0.271. The number of nitrogens with two attached hydrogens (primary N) is 1. The summed E-state index contributed by atoms with van der Waals surface area (Å²) < 4.78 is 1.58. The van der Waals surface area contributed by atoms with Crippen molar-refractivity contribution >= 4 is 17.3 Å². The van der Waals surface area contributed by atoms with Crippen LogP contribution < -0.4 is 11.4 Å². The van der Waals surface area contributed by atoms with Gasteiger partial charge in [-0.1, -0.05) is 11.6 Å². The van der Waals surface area contributed by atoms with Gasteiger partial charge in [0.25, 0.3) is 0 Å². The van der Waals surface area contributed by atoms with Crippen molar-refractivity contribution in [3.8, 4) is 0 Å². The molecule has 0 saturated heterocycles. The number of aromatic nitrogens is 2. The fourth-order valence-electron chi connectivity index (χ4n) is 1.85. The summed E-state index contributed by atoms with van der Waals surface area (Å²) in [7, 11) is 0. The van der Waals surface area contributed by atoms with E-state index in [0.29, 0.717) is 22.9 Å². The zero-order valence-electron chi connectivity index (χ0n) is 10.3. The van der Waals surface area contributed by atoms with Crippen LogP contribution in [0.5, 0.6) is 0 Å². The van der Waals surface area contributed by atoms with E-state index in [9.17, 15) is 4.79 Å². The van der Waals surface area contributed by atoms with Crippen molar-refractivity contribution in [1.82, 2.24) is 9.55 Å². The lowest BCUT2D eigenvalue weighted by atomic mass is 10.1. The van der Waals surface area contributed by atoms with Crippen LogP contribution in [-0.2, 0) is 6.54 Å². The molecule has 1 aromatic carbocycles. The third kappa shape index (κ3) is 2.54. The second-order valence-corrected chi connectivity index (χ2v) is 4.69. The molecule has 1 heterocycles. The summed E-state index contributed by atoms with van der Waals surface area (Å²) in [4.78, 5) is 15.8. The van der Waals surface area contributed by atoms with Crippen LogP contribution >= 0.6 is 11.6 Å². The maximum absolute atomic E-state index is 11.8. The molecule has 0 aliphatic heterocycles. The van der Waals surface area contributed by atoms with Gasteiger partial charge < -0.3 is 5.73 Å². The van der Waals surface area contributed by atoms with Crippen molar-refractivity contribution in [2.24, 2.45) is 0 Å². The van der Waals surface area contributed by atoms with Gasteiger partial charge in [-0.25, -0.2) is 4.79 Å². The van der Waals surface area contributed by atoms with Crippen LogP contribution in [0.1, 0.15) is 17.0 Å². The van der Waals surface area contributed by atoms with Crippen LogP contribution in [0.25, 0.3) is 0 Å². The van der Waals surface area contributed by atoms with Crippen LogP contribution in [0.4, 0.5) is 5.69 Å². The van der Waals surface area contributed by atoms with E-state index in [-0.39, 0.29) is 5.69 Å². The quantitative estimate of drug-likeness (QED) is 0.845. The van der Waals surface area contributed by atoms with Crippen molar-refractivity contribution in [3.05, 3.63) is 56.7 Å². The Morgan fingerprint density at radius 2 is 2.06 bits per heavy atom. The average Bonchev–Trinajstić information content (AvgIpc) is 2.28. The van der Waals surface area contributed by atoms with Crippen LogP contribution in [0.2, 0.25) is 5.02 Å². The van der Waals surface area contributed by atoms with Crippen molar-refractivity contribution in [3.63, 3.8) is 0 Å². The summed E-state index contributed by atoms with van der Waals surface area (Å²) in [5.74, 6) is 0. The molecule has 1 aromatic heterocycles. The van der Waals surface area contributed by atoms with Crippen LogP contribution in [0, 0.1) is 13.8 Å². The van der Waals surface area contributed by atoms with E-state index in [2.05, 4.69) is 4.98 Å². The Morgan fingerprint density at radius 3 is 2.72 bits per heavy atom. The molecule has 0 spiro atoms. The summed E-state index contributed by atoms with van der Waals surface area (Å²) in [6, 6.07) is 7.09. The molecule has 0 unspecified atom stereocenters. The first-order valence-corrected chi connectivity index (χ1v) is 5.94. The number of anilines is 1. The zero-order valence-corrected chi connectivity index (χ0v) is 11.0. The number of nitrogens with zero attached hydrogens (tertiary/aromatic N) is 2. The maximum atomic E-state index is 11.8. The Hall–Kier alpha value is -1.81. The summed E-state index contributed by atoms with van der Waals surface area (Å²) >= 11 is 5.93. The Bertz CT molecular complexity index is 649. The van der Waals surface area contributed by atoms with Gasteiger partial charge >= 0.3 is 5.69 Å². The molecular formula is C13H14ClN3O. The highest BCUT2D eigenvalue weighted by Crippen LogP contribution is 2.18. The molecule has 2 rings (SSSR count). The smallest absolute Gasteiger partial charge is 0.348 e. The molecule has 0 saturated carbocycles. The predicted molar refractivity (Wildman–Crippen MR) is 72.9 cm³/mol. The van der Waals surface area contributed by atoms with Gasteiger partial charge in [0.2, 0.25) is 0 Å². The van der Waals surface area contributed by atoms with E-state index in [0.717, 1.165) is 11.3 Å². The van der Waals surface area contributed by atoms with Gasteiger partial charge in [-0.15, -0.1) is 0 Å². The molecule has 5 heteroatoms. The van der Waals surface area contributed by atoms with E-state index in [1.54, 1.807) is 29.7 Å². The van der Waals surface area contributed by atoms with Crippen molar-refractivity contribution in [2.75, 3.05) is 5.73 Å². The van der Waals surface area contributed by atoms with Gasteiger partial charge in [0.05, 0.1) is 6.54 Å². The fourth-order valence-corrected chi connectivity index (χ4v) is 2.04. The van der Waals surface area contributed by atoms with Crippen molar-refractivity contribution in [2.45, 2.75) is 20.4 Å². The van der Waals surface area contributed by atoms with Crippen molar-refractivity contribution in [1.29, 1.82) is 0 Å². The van der Waals surface area contributed by atoms with Gasteiger partial charge in [0.1, 0.15) is 0 Å². The second-order valence-electron chi connectivity index (χ2n) is 4.25. The predicted octanol–water partition coefficient (Wildman–Crippen LogP) is 2.14. The number of hydrogen-bond acceptors (Lipinski definition) is 3. The molecule has 0 fully saturated rings. The third-order valence-electron chi connectivity index (χ3n) is 2.78. The van der Waals surface area contributed by atoms with E-state index in [1.807, 2.05) is 13.0 Å². The highest BCUT2D eigenvalue weighted by molar-refractivity contribution is 6.30. The molecule has 0 amide bonds. The van der Waals surface area contributed by atoms with Gasteiger partial charge in [0, 0.05) is 22.1 Å². The first kappa shape index (κ1) is 12.6. The number of aryl methyl sites for hydroxylation is 2. The van der Waals surface area contributed by atoms with E-state index < -0.39 is 0 Å². The first-order valence-electron chi connectivity index (χ1n) is 5.56. The van der Waals surface area contributed by atoms with E-state index in [1.165, 1.54) is 0 Å². The van der Waals surface area contributed by atoms with Crippen molar-refractivity contribution < 1.29 is 0 Å². The standard InChI is InChI=1S/C13H14ClN3O/c1-8-5-9(2)17(13(18)16-8)7-10-6-11(14)3-4-12(10)15/h3-6H,7,15H2,1-2H3. The molecule has 2 N–H and O–H groups in total. The number of rotatable bonds is 2. The van der Waals surface area contributed by atoms with Gasteiger partial charge in [-0.05, 0) is 43.7 Å². The monoisotopic (exact) mass is 263 g/mol. The minimum Gasteiger partial charge on any atom is -0.398 e. The van der Waals surface area contributed by atoms with Gasteiger partial charge in [-0.3, -0.25) is 4.57 Å². The number of halogens is 1. The SMILES string of the molecule is Cc1cc(C)n(Cc2cc(Cl)ccc2N)c(=O)n1. The Labute approximate surface area is 110 Å². The number of benzene rings is 1. The summed E-state index contributed by atoms with van der Waals surface area (Å²) in [6.07, 6.45) is 0. The molecule has 0 radical (unpaired) electrons. The Morgan fingerprint density at radius 1 is 1.33 bits per heavy atom. The molecule has 4 nitrogen and oxygen atoms in total. The fraction of sp³-hybridized carbons (Fsp3) is 0.231. The topological polar surface area (TPSA) is 60.9 Å². The molecule has 0 aliphatic rings. The van der Waals surface area contributed by atoms with Gasteiger partial charge in [0.15, 0.2) is 0 Å². The summed E-state index contributed by atoms with van der Waals surface area (Å²) in [6.45, 7) is 4.05.